The SMILES string of the molecule is COc1ccc(NC(=O)CCc2nnc(C(=O)Nc3ccccc3)s2)c(OC)c1. The summed E-state index contributed by atoms with van der Waals surface area (Å²) in [6, 6.07) is 14.3. The van der Waals surface area contributed by atoms with E-state index in [2.05, 4.69) is 20.8 Å². The number of carbonyl (C=O) groups excluding carboxylic acids is 2. The molecule has 8 nitrogen and oxygen atoms in total. The molecule has 0 aliphatic rings. The van der Waals surface area contributed by atoms with Gasteiger partial charge in [-0.2, -0.15) is 0 Å². The molecule has 150 valence electrons. The standard InChI is InChI=1S/C20H20N4O4S/c1-27-14-8-9-15(16(12-14)28-2)22-17(25)10-11-18-23-24-20(29-18)19(26)21-13-6-4-3-5-7-13/h3-9,12H,10-11H2,1-2H3,(H,21,26)(H,22,25). The van der Waals surface area contributed by atoms with Gasteiger partial charge in [0, 0.05) is 24.6 Å². The zero-order valence-electron chi connectivity index (χ0n) is 16.0. The Kier molecular flexibility index (Phi) is 6.75. The first-order valence-corrected chi connectivity index (χ1v) is 9.61. The third kappa shape index (κ3) is 5.52. The van der Waals surface area contributed by atoms with Crippen molar-refractivity contribution in [1.29, 1.82) is 0 Å². The summed E-state index contributed by atoms with van der Waals surface area (Å²) in [5.41, 5.74) is 1.24. The van der Waals surface area contributed by atoms with E-state index in [0.29, 0.717) is 34.3 Å². The van der Waals surface area contributed by atoms with Crippen LogP contribution in [0, 0.1) is 0 Å². The average molecular weight is 412 g/mol. The highest BCUT2D eigenvalue weighted by Crippen LogP contribution is 2.29. The van der Waals surface area contributed by atoms with Crippen LogP contribution in [0.4, 0.5) is 11.4 Å². The molecule has 0 saturated carbocycles. The summed E-state index contributed by atoms with van der Waals surface area (Å²) < 4.78 is 10.4. The topological polar surface area (TPSA) is 102 Å². The number of carbonyl (C=O) groups is 2. The van der Waals surface area contributed by atoms with E-state index in [1.54, 1.807) is 37.4 Å². The van der Waals surface area contributed by atoms with Crippen LogP contribution in [0.5, 0.6) is 11.5 Å². The lowest BCUT2D eigenvalue weighted by Crippen LogP contribution is -2.13. The number of hydrogen-bond donors (Lipinski definition) is 2. The van der Waals surface area contributed by atoms with Gasteiger partial charge in [-0.25, -0.2) is 0 Å². The second kappa shape index (κ2) is 9.65. The summed E-state index contributed by atoms with van der Waals surface area (Å²) in [5.74, 6) is 0.620. The van der Waals surface area contributed by atoms with Crippen molar-refractivity contribution in [3.05, 3.63) is 58.5 Å². The minimum Gasteiger partial charge on any atom is -0.497 e. The average Bonchev–Trinajstić information content (AvgIpc) is 3.22. The zero-order valence-corrected chi connectivity index (χ0v) is 16.8. The Morgan fingerprint density at radius 1 is 1.00 bits per heavy atom. The smallest absolute Gasteiger partial charge is 0.286 e. The Morgan fingerprint density at radius 3 is 2.52 bits per heavy atom. The lowest BCUT2D eigenvalue weighted by molar-refractivity contribution is -0.116. The molecule has 29 heavy (non-hydrogen) atoms. The molecule has 9 heteroatoms. The van der Waals surface area contributed by atoms with Crippen LogP contribution >= 0.6 is 11.3 Å². The summed E-state index contributed by atoms with van der Waals surface area (Å²) in [6.07, 6.45) is 0.574. The van der Waals surface area contributed by atoms with Crippen LogP contribution in [0.25, 0.3) is 0 Å². The minimum absolute atomic E-state index is 0.195. The number of rotatable bonds is 8. The van der Waals surface area contributed by atoms with Gasteiger partial charge in [-0.1, -0.05) is 29.5 Å². The monoisotopic (exact) mass is 412 g/mol. The van der Waals surface area contributed by atoms with Gasteiger partial charge in [0.1, 0.15) is 16.5 Å². The Labute approximate surface area is 171 Å². The molecule has 3 rings (SSSR count). The van der Waals surface area contributed by atoms with Crippen molar-refractivity contribution in [2.75, 3.05) is 24.9 Å². The van der Waals surface area contributed by atoms with Gasteiger partial charge in [-0.3, -0.25) is 9.59 Å². The Hall–Kier alpha value is -3.46. The fraction of sp³-hybridized carbons (Fsp3) is 0.200. The molecule has 0 unspecified atom stereocenters. The first-order chi connectivity index (χ1) is 14.1. The van der Waals surface area contributed by atoms with Gasteiger partial charge in [0.15, 0.2) is 0 Å². The van der Waals surface area contributed by atoms with Gasteiger partial charge < -0.3 is 20.1 Å². The molecule has 3 aromatic rings. The lowest BCUT2D eigenvalue weighted by Gasteiger charge is -2.11. The fourth-order valence-corrected chi connectivity index (χ4v) is 3.22. The Morgan fingerprint density at radius 2 is 1.79 bits per heavy atom. The zero-order chi connectivity index (χ0) is 20.6. The van der Waals surface area contributed by atoms with E-state index >= 15 is 0 Å². The van der Waals surface area contributed by atoms with Gasteiger partial charge in [0.25, 0.3) is 5.91 Å². The van der Waals surface area contributed by atoms with Gasteiger partial charge in [0.05, 0.1) is 19.9 Å². The first-order valence-electron chi connectivity index (χ1n) is 8.79. The summed E-state index contributed by atoms with van der Waals surface area (Å²) in [5, 5.41) is 14.3. The van der Waals surface area contributed by atoms with Gasteiger partial charge in [0.2, 0.25) is 10.9 Å². The largest absolute Gasteiger partial charge is 0.497 e. The lowest BCUT2D eigenvalue weighted by atomic mass is 10.2. The van der Waals surface area contributed by atoms with Crippen LogP contribution < -0.4 is 20.1 Å². The number of anilines is 2. The number of para-hydroxylation sites is 1. The first kappa shape index (κ1) is 20.3. The molecule has 2 aromatic carbocycles. The summed E-state index contributed by atoms with van der Waals surface area (Å²) in [6.45, 7) is 0. The number of nitrogens with one attached hydrogen (secondary N) is 2. The van der Waals surface area contributed by atoms with Crippen molar-refractivity contribution in [3.63, 3.8) is 0 Å². The maximum Gasteiger partial charge on any atom is 0.286 e. The molecule has 1 heterocycles. The maximum atomic E-state index is 12.3. The number of amides is 2. The van der Waals surface area contributed by atoms with Crippen LogP contribution in [-0.4, -0.2) is 36.2 Å². The molecule has 0 bridgehead atoms. The number of nitrogens with zero attached hydrogens (tertiary/aromatic N) is 2. The van der Waals surface area contributed by atoms with E-state index in [4.69, 9.17) is 9.47 Å². The van der Waals surface area contributed by atoms with Crippen molar-refractivity contribution in [1.82, 2.24) is 10.2 Å². The van der Waals surface area contributed by atoms with Crippen LogP contribution in [0.15, 0.2) is 48.5 Å². The highest BCUT2D eigenvalue weighted by atomic mass is 32.1. The minimum atomic E-state index is -0.327. The molecule has 0 spiro atoms. The molecular weight excluding hydrogens is 392 g/mol. The number of benzene rings is 2. The predicted octanol–water partition coefficient (Wildman–Crippen LogP) is 3.38. The Balaban J connectivity index is 1.54. The van der Waals surface area contributed by atoms with E-state index in [-0.39, 0.29) is 23.2 Å². The van der Waals surface area contributed by atoms with E-state index in [1.807, 2.05) is 18.2 Å². The normalized spacial score (nSPS) is 10.3. The molecule has 0 radical (unpaired) electrons. The molecule has 0 aliphatic carbocycles. The number of aryl methyl sites for hydroxylation is 1. The number of hydrogen-bond acceptors (Lipinski definition) is 7. The van der Waals surface area contributed by atoms with Crippen molar-refractivity contribution in [3.8, 4) is 11.5 Å². The molecule has 2 N–H and O–H groups in total. The van der Waals surface area contributed by atoms with E-state index in [1.165, 1.54) is 18.4 Å². The third-order valence-corrected chi connectivity index (χ3v) is 4.92. The summed E-state index contributed by atoms with van der Waals surface area (Å²) >= 11 is 1.17. The van der Waals surface area contributed by atoms with E-state index in [9.17, 15) is 9.59 Å². The molecule has 0 atom stereocenters. The van der Waals surface area contributed by atoms with E-state index < -0.39 is 0 Å². The van der Waals surface area contributed by atoms with Gasteiger partial charge in [-0.05, 0) is 24.3 Å². The second-order valence-electron chi connectivity index (χ2n) is 5.94. The van der Waals surface area contributed by atoms with Crippen LogP contribution in [0.2, 0.25) is 0 Å². The van der Waals surface area contributed by atoms with Crippen LogP contribution in [-0.2, 0) is 11.2 Å². The van der Waals surface area contributed by atoms with E-state index in [0.717, 1.165) is 0 Å². The third-order valence-electron chi connectivity index (χ3n) is 3.94. The molecule has 0 fully saturated rings. The number of ether oxygens (including phenoxy) is 2. The highest BCUT2D eigenvalue weighted by molar-refractivity contribution is 7.13. The summed E-state index contributed by atoms with van der Waals surface area (Å²) in [7, 11) is 3.08. The van der Waals surface area contributed by atoms with Crippen molar-refractivity contribution < 1.29 is 19.1 Å². The molecule has 1 aromatic heterocycles. The van der Waals surface area contributed by atoms with Crippen molar-refractivity contribution >= 4 is 34.5 Å². The molecule has 2 amide bonds. The van der Waals surface area contributed by atoms with Gasteiger partial charge >= 0.3 is 0 Å². The second-order valence-corrected chi connectivity index (χ2v) is 7.00. The quantitative estimate of drug-likeness (QED) is 0.588. The number of methoxy groups -OCH3 is 2. The molecular formula is C20H20N4O4S. The molecule has 0 aliphatic heterocycles. The fourth-order valence-electron chi connectivity index (χ4n) is 2.49. The van der Waals surface area contributed by atoms with Crippen LogP contribution in [0.1, 0.15) is 21.2 Å². The highest BCUT2D eigenvalue weighted by Gasteiger charge is 2.15. The number of aromatic nitrogens is 2. The Bertz CT molecular complexity index is 991. The van der Waals surface area contributed by atoms with Crippen molar-refractivity contribution in [2.45, 2.75) is 12.8 Å². The maximum absolute atomic E-state index is 12.3. The predicted molar refractivity (Wildman–Crippen MR) is 111 cm³/mol. The van der Waals surface area contributed by atoms with Crippen LogP contribution in [0.3, 0.4) is 0 Å². The molecule has 0 saturated heterocycles. The van der Waals surface area contributed by atoms with Crippen molar-refractivity contribution in [2.24, 2.45) is 0 Å². The van der Waals surface area contributed by atoms with Gasteiger partial charge in [-0.15, -0.1) is 10.2 Å². The summed E-state index contributed by atoms with van der Waals surface area (Å²) in [4.78, 5) is 24.5.